The fourth-order valence-electron chi connectivity index (χ4n) is 1.20. The maximum atomic E-state index is 11.5. The van der Waals surface area contributed by atoms with Gasteiger partial charge in [0.05, 0.1) is 19.3 Å². The van der Waals surface area contributed by atoms with Crippen molar-refractivity contribution in [2.75, 3.05) is 19.8 Å². The SMILES string of the molecule is CCOCC(NC(=O)NC(CO)C(=O)O)C(C)C. The second-order valence-corrected chi connectivity index (χ2v) is 4.20. The Hall–Kier alpha value is -1.34. The Kier molecular flexibility index (Phi) is 8.06. The van der Waals surface area contributed by atoms with Crippen molar-refractivity contribution in [3.8, 4) is 0 Å². The largest absolute Gasteiger partial charge is 0.480 e. The highest BCUT2D eigenvalue weighted by Gasteiger charge is 2.21. The van der Waals surface area contributed by atoms with Crippen LogP contribution in [0, 0.1) is 5.92 Å². The normalized spacial score (nSPS) is 14.1. The lowest BCUT2D eigenvalue weighted by molar-refractivity contribution is -0.140. The summed E-state index contributed by atoms with van der Waals surface area (Å²) < 4.78 is 5.23. The van der Waals surface area contributed by atoms with Gasteiger partial charge < -0.3 is 25.6 Å². The highest BCUT2D eigenvalue weighted by Crippen LogP contribution is 2.02. The molecule has 0 aromatic rings. The molecule has 0 rings (SSSR count). The first-order valence-electron chi connectivity index (χ1n) is 5.90. The van der Waals surface area contributed by atoms with Crippen LogP contribution in [-0.2, 0) is 9.53 Å². The molecule has 18 heavy (non-hydrogen) atoms. The Labute approximate surface area is 107 Å². The van der Waals surface area contributed by atoms with E-state index in [-0.39, 0.29) is 12.0 Å². The van der Waals surface area contributed by atoms with E-state index in [1.807, 2.05) is 20.8 Å². The number of hydrogen-bond donors (Lipinski definition) is 4. The van der Waals surface area contributed by atoms with Crippen LogP contribution >= 0.6 is 0 Å². The number of aliphatic carboxylic acids is 1. The summed E-state index contributed by atoms with van der Waals surface area (Å²) in [4.78, 5) is 22.2. The molecule has 0 radical (unpaired) electrons. The molecule has 4 N–H and O–H groups in total. The van der Waals surface area contributed by atoms with E-state index < -0.39 is 24.6 Å². The van der Waals surface area contributed by atoms with E-state index in [0.29, 0.717) is 13.2 Å². The van der Waals surface area contributed by atoms with Crippen molar-refractivity contribution >= 4 is 12.0 Å². The summed E-state index contributed by atoms with van der Waals surface area (Å²) >= 11 is 0. The van der Waals surface area contributed by atoms with Gasteiger partial charge in [-0.3, -0.25) is 0 Å². The van der Waals surface area contributed by atoms with Gasteiger partial charge in [-0.1, -0.05) is 13.8 Å². The van der Waals surface area contributed by atoms with Gasteiger partial charge in [-0.15, -0.1) is 0 Å². The minimum absolute atomic E-state index is 0.153. The van der Waals surface area contributed by atoms with Gasteiger partial charge in [0.15, 0.2) is 6.04 Å². The van der Waals surface area contributed by atoms with Crippen molar-refractivity contribution in [3.05, 3.63) is 0 Å². The average Bonchev–Trinajstić information content (AvgIpc) is 2.30. The maximum absolute atomic E-state index is 11.5. The zero-order chi connectivity index (χ0) is 14.1. The Balaban J connectivity index is 4.28. The average molecular weight is 262 g/mol. The summed E-state index contributed by atoms with van der Waals surface area (Å²) in [6.45, 7) is 5.94. The molecule has 0 aromatic carbocycles. The van der Waals surface area contributed by atoms with E-state index >= 15 is 0 Å². The molecule has 0 aliphatic rings. The first-order valence-corrected chi connectivity index (χ1v) is 5.90. The molecule has 7 heteroatoms. The van der Waals surface area contributed by atoms with Gasteiger partial charge >= 0.3 is 12.0 Å². The Morgan fingerprint density at radius 3 is 2.28 bits per heavy atom. The molecule has 7 nitrogen and oxygen atoms in total. The monoisotopic (exact) mass is 262 g/mol. The lowest BCUT2D eigenvalue weighted by atomic mass is 10.1. The Morgan fingerprint density at radius 1 is 1.28 bits per heavy atom. The smallest absolute Gasteiger partial charge is 0.328 e. The molecule has 2 amide bonds. The van der Waals surface area contributed by atoms with Gasteiger partial charge in [0, 0.05) is 6.61 Å². The Bertz CT molecular complexity index is 270. The summed E-state index contributed by atoms with van der Waals surface area (Å²) in [6, 6.07) is -2.14. The Morgan fingerprint density at radius 2 is 1.89 bits per heavy atom. The van der Waals surface area contributed by atoms with Crippen molar-refractivity contribution in [1.29, 1.82) is 0 Å². The minimum Gasteiger partial charge on any atom is -0.480 e. The van der Waals surface area contributed by atoms with Crippen molar-refractivity contribution in [1.82, 2.24) is 10.6 Å². The number of nitrogens with one attached hydrogen (secondary N) is 2. The molecule has 0 aromatic heterocycles. The number of ether oxygens (including phenoxy) is 1. The van der Waals surface area contributed by atoms with E-state index in [0.717, 1.165) is 0 Å². The number of rotatable bonds is 8. The highest BCUT2D eigenvalue weighted by atomic mass is 16.5. The first-order chi connectivity index (χ1) is 8.42. The fourth-order valence-corrected chi connectivity index (χ4v) is 1.20. The van der Waals surface area contributed by atoms with Gasteiger partial charge in [-0.2, -0.15) is 0 Å². The van der Waals surface area contributed by atoms with E-state index in [4.69, 9.17) is 14.9 Å². The van der Waals surface area contributed by atoms with Crippen molar-refractivity contribution < 1.29 is 24.5 Å². The predicted molar refractivity (Wildman–Crippen MR) is 65.3 cm³/mol. The number of amides is 2. The van der Waals surface area contributed by atoms with Crippen LogP contribution in [0.15, 0.2) is 0 Å². The summed E-state index contributed by atoms with van der Waals surface area (Å²) in [5, 5.41) is 22.3. The van der Waals surface area contributed by atoms with Gasteiger partial charge in [0.1, 0.15) is 0 Å². The van der Waals surface area contributed by atoms with Gasteiger partial charge in [-0.25, -0.2) is 9.59 Å². The molecule has 0 saturated heterocycles. The lowest BCUT2D eigenvalue weighted by Gasteiger charge is -2.23. The third kappa shape index (κ3) is 6.41. The van der Waals surface area contributed by atoms with Gasteiger partial charge in [0.25, 0.3) is 0 Å². The number of carboxylic acids is 1. The third-order valence-corrected chi connectivity index (χ3v) is 2.41. The maximum Gasteiger partial charge on any atom is 0.328 e. The minimum atomic E-state index is -1.30. The topological polar surface area (TPSA) is 108 Å². The molecule has 0 heterocycles. The quantitative estimate of drug-likeness (QED) is 0.484. The number of carbonyl (C=O) groups is 2. The van der Waals surface area contributed by atoms with Crippen LogP contribution in [-0.4, -0.2) is 54.1 Å². The van der Waals surface area contributed by atoms with Crippen molar-refractivity contribution in [2.24, 2.45) is 5.92 Å². The summed E-state index contributed by atoms with van der Waals surface area (Å²) in [5.41, 5.74) is 0. The molecule has 0 fully saturated rings. The standard InChI is InChI=1S/C11H22N2O5/c1-4-18-6-9(7(2)3)13-11(17)12-8(5-14)10(15)16/h7-9,14H,4-6H2,1-3H3,(H,15,16)(H2,12,13,17). The fraction of sp³-hybridized carbons (Fsp3) is 0.818. The van der Waals surface area contributed by atoms with E-state index in [9.17, 15) is 9.59 Å². The molecule has 106 valence electrons. The van der Waals surface area contributed by atoms with Crippen LogP contribution in [0.2, 0.25) is 0 Å². The van der Waals surface area contributed by atoms with Crippen LogP contribution in [0.3, 0.4) is 0 Å². The number of urea groups is 1. The van der Waals surface area contributed by atoms with E-state index in [1.54, 1.807) is 0 Å². The molecule has 2 unspecified atom stereocenters. The second-order valence-electron chi connectivity index (χ2n) is 4.20. The number of carboxylic acid groups (broad SMARTS) is 1. The van der Waals surface area contributed by atoms with Crippen molar-refractivity contribution in [3.63, 3.8) is 0 Å². The predicted octanol–water partition coefficient (Wildman–Crippen LogP) is -0.208. The summed E-state index contributed by atoms with van der Waals surface area (Å²) in [6.07, 6.45) is 0. The van der Waals surface area contributed by atoms with Gasteiger partial charge in [-0.05, 0) is 12.8 Å². The first kappa shape index (κ1) is 16.7. The van der Waals surface area contributed by atoms with Crippen LogP contribution in [0.4, 0.5) is 4.79 Å². The zero-order valence-electron chi connectivity index (χ0n) is 11.0. The van der Waals surface area contributed by atoms with Crippen molar-refractivity contribution in [2.45, 2.75) is 32.9 Å². The molecular weight excluding hydrogens is 240 g/mol. The molecule has 0 spiro atoms. The molecule has 0 aliphatic heterocycles. The van der Waals surface area contributed by atoms with Crippen LogP contribution < -0.4 is 10.6 Å². The molecular formula is C11H22N2O5. The van der Waals surface area contributed by atoms with Crippen LogP contribution in [0.5, 0.6) is 0 Å². The van der Waals surface area contributed by atoms with E-state index in [2.05, 4.69) is 10.6 Å². The summed E-state index contributed by atoms with van der Waals surface area (Å²) in [7, 11) is 0. The lowest BCUT2D eigenvalue weighted by Crippen LogP contribution is -2.52. The number of carbonyl (C=O) groups excluding carboxylic acids is 1. The molecule has 0 saturated carbocycles. The third-order valence-electron chi connectivity index (χ3n) is 2.41. The van der Waals surface area contributed by atoms with Crippen LogP contribution in [0.1, 0.15) is 20.8 Å². The van der Waals surface area contributed by atoms with E-state index in [1.165, 1.54) is 0 Å². The highest BCUT2D eigenvalue weighted by molar-refractivity contribution is 5.82. The van der Waals surface area contributed by atoms with Gasteiger partial charge in [0.2, 0.25) is 0 Å². The summed E-state index contributed by atoms with van der Waals surface area (Å²) in [5.74, 6) is -1.13. The number of aliphatic hydroxyl groups excluding tert-OH is 1. The number of hydrogen-bond acceptors (Lipinski definition) is 4. The van der Waals surface area contributed by atoms with Crippen LogP contribution in [0.25, 0.3) is 0 Å². The number of aliphatic hydroxyl groups is 1. The molecule has 0 bridgehead atoms. The second kappa shape index (κ2) is 8.71. The molecule has 0 aliphatic carbocycles. The zero-order valence-corrected chi connectivity index (χ0v) is 11.0. The molecule has 2 atom stereocenters.